The zero-order chi connectivity index (χ0) is 62.4. The number of rotatable bonds is 59. The number of allylic oxidation sites excluding steroid dienone is 20. The first-order valence-electron chi connectivity index (χ1n) is 31.8. The Bertz CT molecular complexity index is 2040. The lowest BCUT2D eigenvalue weighted by atomic mass is 10.1. The van der Waals surface area contributed by atoms with E-state index >= 15 is 0 Å². The minimum absolute atomic E-state index is 0.0720. The van der Waals surface area contributed by atoms with Gasteiger partial charge in [-0.05, 0) is 122 Å². The lowest BCUT2D eigenvalue weighted by Crippen LogP contribution is -2.30. The maximum Gasteiger partial charge on any atom is 0.472 e. The van der Waals surface area contributed by atoms with Gasteiger partial charge in [0.1, 0.15) is 25.4 Å². The van der Waals surface area contributed by atoms with Gasteiger partial charge in [-0.1, -0.05) is 206 Å². The summed E-state index contributed by atoms with van der Waals surface area (Å²) in [5, 5.41) is 20.5. The third kappa shape index (κ3) is 61.4. The summed E-state index contributed by atoms with van der Waals surface area (Å²) in [4.78, 5) is 58.2. The molecular weight excluding hydrogens is 1120 g/mol. The van der Waals surface area contributed by atoms with Crippen molar-refractivity contribution in [3.05, 3.63) is 122 Å². The summed E-state index contributed by atoms with van der Waals surface area (Å²) in [7, 11) is -9.80. The zero-order valence-electron chi connectivity index (χ0n) is 52.2. The standard InChI is InChI=1S/C67H112O16P2/c1-4-7-10-13-16-19-22-25-27-29-30-32-34-36-38-41-44-47-50-53-65(70)77-56-62(68)57-79-84(73,74)80-58-63(69)59-81-85(75,76)82-61-64(83-67(72)55-52-49-46-43-40-35-24-21-18-15-12-9-6-3)60-78-66(71)54-51-48-45-42-39-37-33-31-28-26-23-20-17-14-11-8-5-2/h8,11-12,15-17,19-21,24-28,30,32-33,37,42,45,62-64,68-69H,4-7,9-10,13-14,18,22-23,29,31,34-36,38-41,43-44,46-61H2,1-3H3,(H,73,74)(H,75,76)/b11-8-,15-12-,19-16-,20-17-,24-21-,27-25-,28-26-,32-30-,37-33-,45-42-. The monoisotopic (exact) mass is 1230 g/mol. The van der Waals surface area contributed by atoms with Crippen molar-refractivity contribution in [1.82, 2.24) is 0 Å². The van der Waals surface area contributed by atoms with E-state index in [2.05, 4.69) is 130 Å². The number of phosphoric acid groups is 2. The molecule has 0 saturated heterocycles. The molecule has 0 radical (unpaired) electrons. The fourth-order valence-electron chi connectivity index (χ4n) is 7.77. The van der Waals surface area contributed by atoms with Crippen LogP contribution in [0.25, 0.3) is 0 Å². The molecule has 16 nitrogen and oxygen atoms in total. The Morgan fingerprint density at radius 3 is 1.08 bits per heavy atom. The number of esters is 3. The van der Waals surface area contributed by atoms with Crippen LogP contribution in [0.15, 0.2) is 122 Å². The van der Waals surface area contributed by atoms with Gasteiger partial charge in [-0.3, -0.25) is 32.5 Å². The van der Waals surface area contributed by atoms with Crippen molar-refractivity contribution in [3.8, 4) is 0 Å². The van der Waals surface area contributed by atoms with Gasteiger partial charge >= 0.3 is 33.6 Å². The van der Waals surface area contributed by atoms with Gasteiger partial charge in [0, 0.05) is 19.3 Å². The number of unbranched alkanes of at least 4 members (excludes halogenated alkanes) is 16. The summed E-state index contributed by atoms with van der Waals surface area (Å²) in [6, 6.07) is 0. The second-order valence-electron chi connectivity index (χ2n) is 20.8. The molecule has 0 fully saturated rings. The average Bonchev–Trinajstić information content (AvgIpc) is 3.51. The third-order valence-electron chi connectivity index (χ3n) is 12.6. The molecule has 0 heterocycles. The lowest BCUT2D eigenvalue weighted by Gasteiger charge is -2.21. The smallest absolute Gasteiger partial charge is 0.463 e. The quantitative estimate of drug-likeness (QED) is 0.0146. The fraction of sp³-hybridized carbons (Fsp3) is 0.657. The van der Waals surface area contributed by atoms with Crippen molar-refractivity contribution in [3.63, 3.8) is 0 Å². The molecule has 85 heavy (non-hydrogen) atoms. The molecule has 18 heteroatoms. The molecule has 0 aromatic heterocycles. The number of ether oxygens (including phenoxy) is 3. The largest absolute Gasteiger partial charge is 0.472 e. The molecule has 0 saturated carbocycles. The van der Waals surface area contributed by atoms with E-state index in [9.17, 15) is 43.5 Å². The molecule has 0 aromatic carbocycles. The molecule has 486 valence electrons. The normalized spacial score (nSPS) is 15.1. The first-order chi connectivity index (χ1) is 41.2. The topological polar surface area (TPSA) is 231 Å². The van der Waals surface area contributed by atoms with Crippen molar-refractivity contribution in [2.45, 2.75) is 245 Å². The number of carbonyl (C=O) groups is 3. The average molecular weight is 1240 g/mol. The Balaban J connectivity index is 4.73. The number of aliphatic hydroxyl groups excluding tert-OH is 2. The van der Waals surface area contributed by atoms with E-state index in [0.29, 0.717) is 25.7 Å². The summed E-state index contributed by atoms with van der Waals surface area (Å²) in [6.45, 7) is 2.32. The van der Waals surface area contributed by atoms with E-state index in [1.54, 1.807) is 0 Å². The molecule has 0 aromatic rings. The van der Waals surface area contributed by atoms with Crippen LogP contribution < -0.4 is 0 Å². The van der Waals surface area contributed by atoms with Crippen LogP contribution in [-0.2, 0) is 55.8 Å². The Morgan fingerprint density at radius 2 is 0.659 bits per heavy atom. The number of hydrogen-bond acceptors (Lipinski definition) is 14. The van der Waals surface area contributed by atoms with E-state index in [1.165, 1.54) is 19.3 Å². The van der Waals surface area contributed by atoms with E-state index < -0.39 is 91.5 Å². The van der Waals surface area contributed by atoms with Crippen LogP contribution >= 0.6 is 15.6 Å². The van der Waals surface area contributed by atoms with E-state index in [1.807, 2.05) is 12.2 Å². The van der Waals surface area contributed by atoms with Crippen molar-refractivity contribution >= 4 is 33.6 Å². The van der Waals surface area contributed by atoms with Crippen LogP contribution in [0.5, 0.6) is 0 Å². The second kappa shape index (κ2) is 60.2. The first-order valence-corrected chi connectivity index (χ1v) is 34.8. The summed E-state index contributed by atoms with van der Waals surface area (Å²) in [5.74, 6) is -1.68. The van der Waals surface area contributed by atoms with Gasteiger partial charge in [0.15, 0.2) is 6.10 Å². The van der Waals surface area contributed by atoms with Crippen LogP contribution in [0, 0.1) is 0 Å². The number of aliphatic hydroxyl groups is 2. The number of phosphoric ester groups is 2. The van der Waals surface area contributed by atoms with Gasteiger partial charge in [-0.25, -0.2) is 9.13 Å². The van der Waals surface area contributed by atoms with Crippen LogP contribution in [0.2, 0.25) is 0 Å². The third-order valence-corrected chi connectivity index (χ3v) is 14.5. The molecule has 0 aliphatic rings. The second-order valence-corrected chi connectivity index (χ2v) is 23.7. The summed E-state index contributed by atoms with van der Waals surface area (Å²) in [5.41, 5.74) is 0. The molecule has 0 aliphatic carbocycles. The molecule has 0 bridgehead atoms. The Hall–Kier alpha value is -4.05. The minimum Gasteiger partial charge on any atom is -0.463 e. The van der Waals surface area contributed by atoms with Gasteiger partial charge in [0.05, 0.1) is 26.4 Å². The predicted octanol–water partition coefficient (Wildman–Crippen LogP) is 17.1. The summed E-state index contributed by atoms with van der Waals surface area (Å²) >= 11 is 0. The predicted molar refractivity (Wildman–Crippen MR) is 343 cm³/mol. The number of hydrogen-bond donors (Lipinski definition) is 4. The van der Waals surface area contributed by atoms with Gasteiger partial charge in [0.25, 0.3) is 0 Å². The molecule has 0 amide bonds. The Labute approximate surface area is 512 Å². The Kier molecular flexibility index (Phi) is 57.4. The van der Waals surface area contributed by atoms with Crippen LogP contribution in [-0.4, -0.2) is 95.9 Å². The summed E-state index contributed by atoms with van der Waals surface area (Å²) in [6.07, 6.45) is 67.0. The van der Waals surface area contributed by atoms with Gasteiger partial charge in [-0.15, -0.1) is 0 Å². The number of carbonyl (C=O) groups excluding carboxylic acids is 3. The van der Waals surface area contributed by atoms with Crippen LogP contribution in [0.3, 0.4) is 0 Å². The van der Waals surface area contributed by atoms with Crippen molar-refractivity contribution in [2.24, 2.45) is 0 Å². The van der Waals surface area contributed by atoms with E-state index in [-0.39, 0.29) is 19.3 Å². The lowest BCUT2D eigenvalue weighted by molar-refractivity contribution is -0.161. The highest BCUT2D eigenvalue weighted by Crippen LogP contribution is 2.45. The Morgan fingerprint density at radius 1 is 0.341 bits per heavy atom. The SMILES string of the molecule is CC/C=C\C/C=C\C/C=C\C/C=C\C/C=C\CCCC(=O)OCC(COP(=O)(O)OCC(O)COP(=O)(O)OCC(O)COC(=O)CCCCCCCC/C=C\C/C=C\C/C=C\CCCCC)OC(=O)CCCCCCC/C=C\C/C=C\CCC. The van der Waals surface area contributed by atoms with Crippen LogP contribution in [0.4, 0.5) is 0 Å². The highest BCUT2D eigenvalue weighted by molar-refractivity contribution is 7.47. The van der Waals surface area contributed by atoms with E-state index in [0.717, 1.165) is 141 Å². The van der Waals surface area contributed by atoms with Gasteiger partial charge < -0.3 is 34.2 Å². The molecule has 0 aliphatic heterocycles. The molecule has 5 atom stereocenters. The highest BCUT2D eigenvalue weighted by atomic mass is 31.2. The van der Waals surface area contributed by atoms with Gasteiger partial charge in [-0.2, -0.15) is 0 Å². The first kappa shape index (κ1) is 81.0. The van der Waals surface area contributed by atoms with Crippen molar-refractivity contribution in [1.29, 1.82) is 0 Å². The van der Waals surface area contributed by atoms with Gasteiger partial charge in [0.2, 0.25) is 0 Å². The molecular formula is C67H112O16P2. The summed E-state index contributed by atoms with van der Waals surface area (Å²) < 4.78 is 60.6. The fourth-order valence-corrected chi connectivity index (χ4v) is 9.35. The van der Waals surface area contributed by atoms with Crippen molar-refractivity contribution in [2.75, 3.05) is 39.6 Å². The highest BCUT2D eigenvalue weighted by Gasteiger charge is 2.29. The van der Waals surface area contributed by atoms with Crippen molar-refractivity contribution < 1.29 is 75.8 Å². The minimum atomic E-state index is -4.94. The van der Waals surface area contributed by atoms with E-state index in [4.69, 9.17) is 32.3 Å². The molecule has 5 unspecified atom stereocenters. The zero-order valence-corrected chi connectivity index (χ0v) is 54.0. The maximum atomic E-state index is 12.9. The van der Waals surface area contributed by atoms with Crippen LogP contribution in [0.1, 0.15) is 226 Å². The molecule has 0 rings (SSSR count). The molecule has 0 spiro atoms. The maximum absolute atomic E-state index is 12.9. The molecule has 4 N–H and O–H groups in total.